The van der Waals surface area contributed by atoms with E-state index in [2.05, 4.69) is 35.6 Å². The van der Waals surface area contributed by atoms with Crippen LogP contribution in [-0.2, 0) is 11.2 Å². The van der Waals surface area contributed by atoms with Crippen molar-refractivity contribution in [3.8, 4) is 0 Å². The summed E-state index contributed by atoms with van der Waals surface area (Å²) in [6, 6.07) is 0. The van der Waals surface area contributed by atoms with Crippen molar-refractivity contribution in [1.82, 2.24) is 9.44 Å². The lowest BCUT2D eigenvalue weighted by atomic mass is 9.88. The number of hydrogen-bond donors (Lipinski definition) is 2. The van der Waals surface area contributed by atoms with Gasteiger partial charge in [-0.2, -0.15) is 0 Å². The SMILES string of the molecule is C=C(/C=C\C(=C)C1=CCC(C)CC1)CCNS(=O)NC. The second-order valence-electron chi connectivity index (χ2n) is 5.24. The van der Waals surface area contributed by atoms with Crippen LogP contribution in [0.4, 0.5) is 0 Å². The molecule has 4 heteroatoms. The molecule has 0 aromatic heterocycles. The van der Waals surface area contributed by atoms with Gasteiger partial charge in [0.05, 0.1) is 0 Å². The lowest BCUT2D eigenvalue weighted by molar-refractivity contribution is 0.517. The summed E-state index contributed by atoms with van der Waals surface area (Å²) < 4.78 is 16.6. The van der Waals surface area contributed by atoms with E-state index < -0.39 is 11.2 Å². The maximum Gasteiger partial charge on any atom is 0.166 e. The molecule has 2 atom stereocenters. The molecule has 3 nitrogen and oxygen atoms in total. The maximum atomic E-state index is 11.1. The summed E-state index contributed by atoms with van der Waals surface area (Å²) in [5.41, 5.74) is 3.46. The maximum absolute atomic E-state index is 11.1. The molecule has 0 bridgehead atoms. The third kappa shape index (κ3) is 6.46. The van der Waals surface area contributed by atoms with E-state index in [4.69, 9.17) is 0 Å². The molecule has 1 rings (SSSR count). The lowest BCUT2D eigenvalue weighted by Gasteiger charge is -2.18. The summed E-state index contributed by atoms with van der Waals surface area (Å²) >= 11 is -1.16. The fourth-order valence-electron chi connectivity index (χ4n) is 2.04. The highest BCUT2D eigenvalue weighted by atomic mass is 32.2. The van der Waals surface area contributed by atoms with Crippen LogP contribution in [0.1, 0.15) is 32.6 Å². The van der Waals surface area contributed by atoms with Crippen LogP contribution in [0.5, 0.6) is 0 Å². The number of allylic oxidation sites excluding steroid dienone is 5. The molecular weight excluding hydrogens is 268 g/mol. The first kappa shape index (κ1) is 17.1. The van der Waals surface area contributed by atoms with Gasteiger partial charge in [0.15, 0.2) is 11.2 Å². The van der Waals surface area contributed by atoms with Gasteiger partial charge in [-0.05, 0) is 49.8 Å². The van der Waals surface area contributed by atoms with E-state index in [-0.39, 0.29) is 0 Å². The van der Waals surface area contributed by atoms with Gasteiger partial charge in [-0.1, -0.05) is 43.9 Å². The fraction of sp³-hybridized carbons (Fsp3) is 0.500. The largest absolute Gasteiger partial charge is 0.228 e. The molecular formula is C16H26N2OS. The van der Waals surface area contributed by atoms with Gasteiger partial charge in [0.1, 0.15) is 0 Å². The van der Waals surface area contributed by atoms with Gasteiger partial charge in [-0.3, -0.25) is 0 Å². The second kappa shape index (κ2) is 9.06. The predicted molar refractivity (Wildman–Crippen MR) is 88.3 cm³/mol. The molecule has 0 aliphatic heterocycles. The van der Waals surface area contributed by atoms with Crippen molar-refractivity contribution in [2.75, 3.05) is 13.6 Å². The Morgan fingerprint density at radius 1 is 1.50 bits per heavy atom. The first-order valence-corrected chi connectivity index (χ1v) is 8.24. The zero-order valence-corrected chi connectivity index (χ0v) is 13.4. The number of hydrogen-bond acceptors (Lipinski definition) is 1. The topological polar surface area (TPSA) is 41.1 Å². The Morgan fingerprint density at radius 2 is 2.25 bits per heavy atom. The van der Waals surface area contributed by atoms with Gasteiger partial charge in [-0.15, -0.1) is 0 Å². The van der Waals surface area contributed by atoms with Crippen LogP contribution in [0.25, 0.3) is 0 Å². The second-order valence-corrected chi connectivity index (χ2v) is 6.48. The number of rotatable bonds is 8. The highest BCUT2D eigenvalue weighted by Gasteiger charge is 2.10. The van der Waals surface area contributed by atoms with Crippen molar-refractivity contribution in [2.45, 2.75) is 32.6 Å². The summed E-state index contributed by atoms with van der Waals surface area (Å²) in [5, 5.41) is 0. The molecule has 0 aromatic rings. The Kier molecular flexibility index (Phi) is 7.73. The first-order chi connectivity index (χ1) is 9.52. The van der Waals surface area contributed by atoms with Crippen LogP contribution in [0.3, 0.4) is 0 Å². The summed E-state index contributed by atoms with van der Waals surface area (Å²) in [5.74, 6) is 0.796. The zero-order chi connectivity index (χ0) is 15.0. The molecule has 0 aromatic carbocycles. The van der Waals surface area contributed by atoms with Crippen molar-refractivity contribution in [3.05, 3.63) is 48.1 Å². The normalized spacial score (nSPS) is 20.7. The van der Waals surface area contributed by atoms with Gasteiger partial charge in [0.25, 0.3) is 0 Å². The van der Waals surface area contributed by atoms with Crippen LogP contribution >= 0.6 is 0 Å². The highest BCUT2D eigenvalue weighted by molar-refractivity contribution is 7.80. The molecule has 0 heterocycles. The zero-order valence-electron chi connectivity index (χ0n) is 12.6. The van der Waals surface area contributed by atoms with Gasteiger partial charge in [-0.25, -0.2) is 13.7 Å². The summed E-state index contributed by atoms with van der Waals surface area (Å²) in [6.07, 6.45) is 10.7. The van der Waals surface area contributed by atoms with E-state index in [1.54, 1.807) is 7.05 Å². The standard InChI is InChI=1S/C16H26N2OS/c1-13-6-9-16(10-7-13)15(3)8-5-14(2)11-12-18-20(19)17-4/h5,8-9,13,17-18H,2-3,6-7,10-12H2,1,4H3/b8-5-. The van der Waals surface area contributed by atoms with Crippen LogP contribution in [0, 0.1) is 5.92 Å². The van der Waals surface area contributed by atoms with E-state index in [0.29, 0.717) is 6.54 Å². The van der Waals surface area contributed by atoms with E-state index in [1.165, 1.54) is 12.0 Å². The highest BCUT2D eigenvalue weighted by Crippen LogP contribution is 2.27. The van der Waals surface area contributed by atoms with Gasteiger partial charge >= 0.3 is 0 Å². The smallest absolute Gasteiger partial charge is 0.166 e. The van der Waals surface area contributed by atoms with Crippen molar-refractivity contribution >= 4 is 11.2 Å². The minimum atomic E-state index is -1.16. The Labute approximate surface area is 125 Å². The molecule has 2 unspecified atom stereocenters. The van der Waals surface area contributed by atoms with Crippen molar-refractivity contribution in [2.24, 2.45) is 5.92 Å². The molecule has 0 radical (unpaired) electrons. The van der Waals surface area contributed by atoms with E-state index >= 15 is 0 Å². The molecule has 0 amide bonds. The molecule has 1 aliphatic carbocycles. The molecule has 0 saturated heterocycles. The van der Waals surface area contributed by atoms with Crippen molar-refractivity contribution in [1.29, 1.82) is 0 Å². The molecule has 2 N–H and O–H groups in total. The molecule has 20 heavy (non-hydrogen) atoms. The minimum absolute atomic E-state index is 0.642. The van der Waals surface area contributed by atoms with Gasteiger partial charge in [0.2, 0.25) is 0 Å². The van der Waals surface area contributed by atoms with Crippen LogP contribution in [0.15, 0.2) is 48.1 Å². The summed E-state index contributed by atoms with van der Waals surface area (Å²) in [7, 11) is 1.65. The third-order valence-electron chi connectivity index (χ3n) is 3.47. The third-order valence-corrected chi connectivity index (χ3v) is 4.31. The lowest BCUT2D eigenvalue weighted by Crippen LogP contribution is -2.28. The minimum Gasteiger partial charge on any atom is -0.228 e. The quantitative estimate of drug-likeness (QED) is 0.663. The fourth-order valence-corrected chi connectivity index (χ4v) is 2.47. The van der Waals surface area contributed by atoms with E-state index in [0.717, 1.165) is 36.3 Å². The average Bonchev–Trinajstić information content (AvgIpc) is 2.45. The number of nitrogens with one attached hydrogen (secondary N) is 2. The Balaban J connectivity index is 2.34. The van der Waals surface area contributed by atoms with Gasteiger partial charge in [0, 0.05) is 6.54 Å². The van der Waals surface area contributed by atoms with E-state index in [1.807, 2.05) is 12.2 Å². The molecule has 0 fully saturated rings. The first-order valence-electron chi connectivity index (χ1n) is 7.09. The summed E-state index contributed by atoms with van der Waals surface area (Å²) in [6.45, 7) is 11.1. The predicted octanol–water partition coefficient (Wildman–Crippen LogP) is 3.18. The Morgan fingerprint density at radius 3 is 2.85 bits per heavy atom. The Hall–Kier alpha value is -0.970. The average molecular weight is 294 g/mol. The van der Waals surface area contributed by atoms with Crippen molar-refractivity contribution in [3.63, 3.8) is 0 Å². The monoisotopic (exact) mass is 294 g/mol. The molecule has 0 spiro atoms. The van der Waals surface area contributed by atoms with Gasteiger partial charge < -0.3 is 0 Å². The summed E-state index contributed by atoms with van der Waals surface area (Å²) in [4.78, 5) is 0. The molecule has 1 aliphatic rings. The van der Waals surface area contributed by atoms with Crippen LogP contribution in [-0.4, -0.2) is 17.8 Å². The Bertz CT molecular complexity index is 438. The van der Waals surface area contributed by atoms with E-state index in [9.17, 15) is 4.21 Å². The van der Waals surface area contributed by atoms with Crippen LogP contribution < -0.4 is 9.44 Å². The van der Waals surface area contributed by atoms with Crippen LogP contribution in [0.2, 0.25) is 0 Å². The van der Waals surface area contributed by atoms with Crippen molar-refractivity contribution < 1.29 is 4.21 Å². The molecule has 112 valence electrons. The molecule has 0 saturated carbocycles.